The molecule has 524 valence electrons. The lowest BCUT2D eigenvalue weighted by Crippen LogP contribution is -2.10. The van der Waals surface area contributed by atoms with E-state index in [1.165, 1.54) is 0 Å². The van der Waals surface area contributed by atoms with Crippen LogP contribution in [0.2, 0.25) is 0 Å². The van der Waals surface area contributed by atoms with Gasteiger partial charge in [-0.3, -0.25) is 4.79 Å². The van der Waals surface area contributed by atoms with Gasteiger partial charge in [0, 0.05) is 55.4 Å². The molecular weight excluding hydrogens is 1460 g/mol. The molecule has 6 aromatic carbocycles. The molecule has 0 saturated heterocycles. The summed E-state index contributed by atoms with van der Waals surface area (Å²) in [5, 5.41) is 1.69. The number of hydrogen-bond acceptors (Lipinski definition) is 4. The largest absolute Gasteiger partial charge is 0.354 e. The summed E-state index contributed by atoms with van der Waals surface area (Å²) < 4.78 is 473. The van der Waals surface area contributed by atoms with Gasteiger partial charge >= 0.3 is 0 Å². The fourth-order valence-electron chi connectivity index (χ4n) is 11.4. The molecule has 7 heterocycles. The van der Waals surface area contributed by atoms with Crippen LogP contribution in [0.25, 0.3) is 125 Å². The van der Waals surface area contributed by atoms with E-state index in [2.05, 4.69) is 19.9 Å². The molecule has 3 aromatic heterocycles. The lowest BCUT2D eigenvalue weighted by Gasteiger charge is -2.12. The van der Waals surface area contributed by atoms with Gasteiger partial charge in [-0.15, -0.1) is 0 Å². The van der Waals surface area contributed by atoms with Gasteiger partial charge in [-0.2, -0.15) is 0 Å². The molecular formula is C66H14F30N6O. The van der Waals surface area contributed by atoms with Crippen molar-refractivity contribution >= 4 is 70.1 Å². The van der Waals surface area contributed by atoms with E-state index >= 15 is 105 Å². The molecule has 0 fully saturated rings. The molecule has 12 bridgehead atoms. The first-order valence-corrected chi connectivity index (χ1v) is 27.6. The Hall–Kier alpha value is -12.1. The molecule has 0 unspecified atom stereocenters. The Morgan fingerprint density at radius 3 is 0.621 bits per heavy atom. The number of aromatic amines is 2. The summed E-state index contributed by atoms with van der Waals surface area (Å²) in [7, 11) is 0. The van der Waals surface area contributed by atoms with Gasteiger partial charge < -0.3 is 15.3 Å². The molecule has 0 saturated carbocycles. The van der Waals surface area contributed by atoms with Crippen LogP contribution in [0.3, 0.4) is 0 Å². The molecule has 103 heavy (non-hydrogen) atoms. The van der Waals surface area contributed by atoms with E-state index in [1.807, 2.05) is 4.98 Å². The molecule has 0 spiro atoms. The van der Waals surface area contributed by atoms with Crippen LogP contribution in [0.4, 0.5) is 137 Å². The first-order chi connectivity index (χ1) is 48.5. The minimum absolute atomic E-state index is 0.00169. The van der Waals surface area contributed by atoms with E-state index < -0.39 is 315 Å². The fraction of sp³-hybridized carbons (Fsp3) is 0. The number of carbonyl (C=O) groups excluding carboxylic acids is 1. The molecule has 0 atom stereocenters. The zero-order valence-corrected chi connectivity index (χ0v) is 48.4. The quantitative estimate of drug-likeness (QED) is 0.0877. The van der Waals surface area contributed by atoms with E-state index in [0.717, 1.165) is 0 Å². The maximum absolute atomic E-state index is 16.5. The molecule has 9 aromatic rings. The van der Waals surface area contributed by atoms with E-state index in [9.17, 15) is 31.1 Å². The first kappa shape index (κ1) is 69.4. The van der Waals surface area contributed by atoms with Crippen molar-refractivity contribution in [2.75, 3.05) is 5.32 Å². The molecule has 37 heteroatoms. The SMILES string of the molecule is O=C1Nc2cc1c(-c1c(F)c(F)c(F)c(F)c1F)c1ccc([nH]1)c(-c1c(F)c(F)c(F)c(F)c1F)c1nc(c(-c3c(F)c(F)c(F)c(F)c3F)c3nc(c(-c4c(F)c(F)c(F)c(F)c4F)c4ccc([nH]4)c(-c4c(F)c(F)c(F)c(F)c4F)c4nc(c2-c2c(F)c(F)c(F)c(F)c2F)C=C4)C=C3)C=C1. The second kappa shape index (κ2) is 24.6. The van der Waals surface area contributed by atoms with Crippen LogP contribution in [0, 0.1) is 175 Å². The summed E-state index contributed by atoms with van der Waals surface area (Å²) in [4.78, 5) is 30.2. The molecule has 1 amide bonds. The summed E-state index contributed by atoms with van der Waals surface area (Å²) in [5.74, 6) is -89.6. The van der Waals surface area contributed by atoms with Gasteiger partial charge in [0.2, 0.25) is 34.9 Å². The summed E-state index contributed by atoms with van der Waals surface area (Å²) in [6.45, 7) is 0. The van der Waals surface area contributed by atoms with E-state index in [4.69, 9.17) is 0 Å². The predicted octanol–water partition coefficient (Wildman–Crippen LogP) is 20.5. The van der Waals surface area contributed by atoms with Crippen molar-refractivity contribution in [3.05, 3.63) is 245 Å². The lowest BCUT2D eigenvalue weighted by molar-refractivity contribution is 0.103. The highest BCUT2D eigenvalue weighted by Gasteiger charge is 2.39. The third-order valence-electron chi connectivity index (χ3n) is 16.0. The van der Waals surface area contributed by atoms with Crippen LogP contribution < -0.4 is 5.32 Å². The van der Waals surface area contributed by atoms with Crippen molar-refractivity contribution in [3.63, 3.8) is 0 Å². The Morgan fingerprint density at radius 1 is 0.204 bits per heavy atom. The molecule has 0 aliphatic carbocycles. The highest BCUT2D eigenvalue weighted by atomic mass is 19.2. The van der Waals surface area contributed by atoms with Gasteiger partial charge in [-0.25, -0.2) is 147 Å². The first-order valence-electron chi connectivity index (χ1n) is 27.6. The molecule has 7 nitrogen and oxygen atoms in total. The number of amides is 1. The number of hydrogen-bond donors (Lipinski definition) is 3. The number of fused-ring (bicyclic) bond motifs is 12. The number of nitrogens with zero attached hydrogens (tertiary/aromatic N) is 3. The number of benzene rings is 6. The number of carbonyl (C=O) groups is 1. The average Bonchev–Trinajstić information content (AvgIpc) is 1.62. The van der Waals surface area contributed by atoms with Crippen molar-refractivity contribution in [2.45, 2.75) is 0 Å². The summed E-state index contributed by atoms with van der Waals surface area (Å²) >= 11 is 0. The van der Waals surface area contributed by atoms with Crippen LogP contribution in [0.15, 0.2) is 30.3 Å². The van der Waals surface area contributed by atoms with E-state index in [-0.39, 0.29) is 18.2 Å². The van der Waals surface area contributed by atoms with Crippen molar-refractivity contribution in [3.8, 4) is 66.8 Å². The normalized spacial score (nSPS) is 12.5. The minimum Gasteiger partial charge on any atom is -0.354 e. The monoisotopic (exact) mass is 1480 g/mol. The maximum atomic E-state index is 16.5. The smallest absolute Gasteiger partial charge is 0.256 e. The molecule has 13 rings (SSSR count). The number of halogens is 30. The fourth-order valence-corrected chi connectivity index (χ4v) is 11.4. The van der Waals surface area contributed by atoms with Crippen LogP contribution in [0.5, 0.6) is 0 Å². The molecule has 0 radical (unpaired) electrons. The Bertz CT molecular complexity index is 5780. The Balaban J connectivity index is 1.35. The van der Waals surface area contributed by atoms with Crippen molar-refractivity contribution in [2.24, 2.45) is 0 Å². The average molecular weight is 1480 g/mol. The van der Waals surface area contributed by atoms with Crippen LogP contribution in [0.1, 0.15) is 44.5 Å². The van der Waals surface area contributed by atoms with Gasteiger partial charge in [-0.05, 0) is 66.8 Å². The second-order valence-corrected chi connectivity index (χ2v) is 21.6. The summed E-state index contributed by atoms with van der Waals surface area (Å²) in [5.41, 5.74) is -41.0. The Morgan fingerprint density at radius 2 is 0.379 bits per heavy atom. The van der Waals surface area contributed by atoms with Crippen LogP contribution in [-0.4, -0.2) is 30.8 Å². The lowest BCUT2D eigenvalue weighted by atomic mass is 9.98. The summed E-state index contributed by atoms with van der Waals surface area (Å²) in [6, 6.07) is 1.31. The molecule has 4 aliphatic rings. The summed E-state index contributed by atoms with van der Waals surface area (Å²) in [6.07, 6.45) is 1.86. The van der Waals surface area contributed by atoms with Crippen LogP contribution in [-0.2, 0) is 0 Å². The number of anilines is 1. The van der Waals surface area contributed by atoms with Gasteiger partial charge in [0.1, 0.15) is 0 Å². The van der Waals surface area contributed by atoms with Gasteiger partial charge in [0.25, 0.3) is 5.91 Å². The zero-order valence-electron chi connectivity index (χ0n) is 48.4. The van der Waals surface area contributed by atoms with Crippen molar-refractivity contribution in [1.82, 2.24) is 24.9 Å². The standard InChI is InChI=1S/C66H14F30N6O/c67-36-30(37(68)49(80)60(91)48(36)79)24-12-11-23(102-66(12)103)29(35-46(77)58(89)65(96)59(90)47(35)78)22-10-9-21(101-22)28(34-44(75)56(87)64(95)57(88)45(34)76)20-8-7-19(100-20)27(33-42(73)54(85)63(94)55(86)43(33)74)18-6-5-17(99-18)26(32-40(71)52(83)62(93)53(84)41(32)72)16-4-3-15(98-16)25(14-2-1-13(24)97-14)31-38(69)50(81)61(92)51(82)39(31)70/h1-11,97,100H,(H,102,103). The van der Waals surface area contributed by atoms with E-state index in [1.54, 1.807) is 5.32 Å². The highest BCUT2D eigenvalue weighted by Crippen LogP contribution is 2.48. The number of H-pyrrole nitrogens is 2. The van der Waals surface area contributed by atoms with E-state index in [0.29, 0.717) is 48.6 Å². The Labute approximate surface area is 547 Å². The topological polar surface area (TPSA) is 99.4 Å². The third kappa shape index (κ3) is 10.2. The van der Waals surface area contributed by atoms with Gasteiger partial charge in [-0.1, -0.05) is 0 Å². The second-order valence-electron chi connectivity index (χ2n) is 21.6. The van der Waals surface area contributed by atoms with Crippen LogP contribution >= 0.6 is 0 Å². The highest BCUT2D eigenvalue weighted by molar-refractivity contribution is 6.17. The van der Waals surface area contributed by atoms with Gasteiger partial charge in [0.15, 0.2) is 140 Å². The predicted molar refractivity (Wildman–Crippen MR) is 300 cm³/mol. The third-order valence-corrected chi connectivity index (χ3v) is 16.0. The minimum atomic E-state index is -3.00. The molecule has 4 aliphatic heterocycles. The van der Waals surface area contributed by atoms with Crippen molar-refractivity contribution in [1.29, 1.82) is 0 Å². The number of nitrogens with one attached hydrogen (secondary N) is 3. The number of aromatic nitrogens is 5. The van der Waals surface area contributed by atoms with Gasteiger partial charge in [0.05, 0.1) is 78.8 Å². The zero-order chi connectivity index (χ0) is 74.8. The Kier molecular flexibility index (Phi) is 16.6. The maximum Gasteiger partial charge on any atom is 0.256 e. The number of rotatable bonds is 6. The molecule has 3 N–H and O–H groups in total. The van der Waals surface area contributed by atoms with Crippen molar-refractivity contribution < 1.29 is 137 Å².